The number of ether oxygens (including phenoxy) is 5. The number of esters is 1. The van der Waals surface area contributed by atoms with Crippen molar-refractivity contribution < 1.29 is 28.5 Å². The van der Waals surface area contributed by atoms with Crippen LogP contribution in [0.25, 0.3) is 0 Å². The molecule has 3 rings (SSSR count). The lowest BCUT2D eigenvalue weighted by Crippen LogP contribution is -2.47. The molecule has 6 heteroatoms. The van der Waals surface area contributed by atoms with Crippen molar-refractivity contribution in [1.82, 2.24) is 0 Å². The Hall–Kier alpha value is -1.47. The third-order valence-corrected chi connectivity index (χ3v) is 4.55. The first-order chi connectivity index (χ1) is 12.2. The molecule has 0 aromatic heterocycles. The first-order valence-electron chi connectivity index (χ1n) is 8.97. The number of fused-ring (bicyclic) bond motifs is 1. The van der Waals surface area contributed by atoms with E-state index in [-0.39, 0.29) is 43.3 Å². The minimum atomic E-state index is -0.362. The second-order valence-electron chi connectivity index (χ2n) is 6.24. The Morgan fingerprint density at radius 3 is 2.32 bits per heavy atom. The molecule has 2 aliphatic rings. The number of carbonyl (C=O) groups is 1. The zero-order valence-electron chi connectivity index (χ0n) is 14.8. The first kappa shape index (κ1) is 18.3. The van der Waals surface area contributed by atoms with Crippen LogP contribution in [0.2, 0.25) is 0 Å². The Labute approximate surface area is 148 Å². The third kappa shape index (κ3) is 4.58. The Bertz CT molecular complexity index is 548. The molecule has 1 aromatic rings. The van der Waals surface area contributed by atoms with E-state index in [1.54, 1.807) is 12.1 Å². The number of benzene rings is 1. The van der Waals surface area contributed by atoms with Gasteiger partial charge in [-0.1, -0.05) is 18.2 Å². The molecule has 2 fully saturated rings. The van der Waals surface area contributed by atoms with Crippen LogP contribution in [0, 0.1) is 5.92 Å². The molecule has 5 atom stereocenters. The van der Waals surface area contributed by atoms with Crippen molar-refractivity contribution in [3.05, 3.63) is 35.9 Å². The number of hydrogen-bond donors (Lipinski definition) is 0. The Kier molecular flexibility index (Phi) is 6.42. The minimum absolute atomic E-state index is 0.136. The molecule has 2 aliphatic heterocycles. The monoisotopic (exact) mass is 350 g/mol. The minimum Gasteiger partial charge on any atom is -0.459 e. The quantitative estimate of drug-likeness (QED) is 0.705. The van der Waals surface area contributed by atoms with E-state index in [9.17, 15) is 4.79 Å². The first-order valence-corrected chi connectivity index (χ1v) is 8.97. The fraction of sp³-hybridized carbons (Fsp3) is 0.632. The lowest BCUT2D eigenvalue weighted by atomic mass is 9.91. The van der Waals surface area contributed by atoms with Gasteiger partial charge in [-0.25, -0.2) is 4.79 Å². The summed E-state index contributed by atoms with van der Waals surface area (Å²) < 4.78 is 28.7. The topological polar surface area (TPSA) is 63.2 Å². The van der Waals surface area contributed by atoms with Crippen molar-refractivity contribution in [2.24, 2.45) is 5.92 Å². The fourth-order valence-electron chi connectivity index (χ4n) is 3.46. The SMILES string of the molecule is CCOC1C[C@H]2C[C@@H](OCC)O[C@H](COC(=O)c3ccccc3)[C@H]2O1. The summed E-state index contributed by atoms with van der Waals surface area (Å²) in [5, 5.41) is 0. The van der Waals surface area contributed by atoms with Gasteiger partial charge >= 0.3 is 5.97 Å². The fourth-order valence-corrected chi connectivity index (χ4v) is 3.46. The van der Waals surface area contributed by atoms with Crippen molar-refractivity contribution in [1.29, 1.82) is 0 Å². The summed E-state index contributed by atoms with van der Waals surface area (Å²) in [6, 6.07) is 8.93. The third-order valence-electron chi connectivity index (χ3n) is 4.55. The molecule has 25 heavy (non-hydrogen) atoms. The van der Waals surface area contributed by atoms with Crippen LogP contribution in [-0.2, 0) is 23.7 Å². The highest BCUT2D eigenvalue weighted by atomic mass is 16.7. The predicted octanol–water partition coefficient (Wildman–Crippen LogP) is 2.76. The van der Waals surface area contributed by atoms with E-state index in [2.05, 4.69) is 0 Å². The van der Waals surface area contributed by atoms with Crippen molar-refractivity contribution in [3.8, 4) is 0 Å². The van der Waals surface area contributed by atoms with Gasteiger partial charge in [0.2, 0.25) is 0 Å². The summed E-state index contributed by atoms with van der Waals surface area (Å²) >= 11 is 0. The van der Waals surface area contributed by atoms with Crippen molar-refractivity contribution in [2.45, 2.75) is 51.5 Å². The van der Waals surface area contributed by atoms with E-state index in [0.717, 1.165) is 12.8 Å². The molecule has 0 saturated carbocycles. The number of carbonyl (C=O) groups excluding carboxylic acids is 1. The molecule has 0 amide bonds. The summed E-state index contributed by atoms with van der Waals surface area (Å²) in [7, 11) is 0. The molecular formula is C19H26O6. The summed E-state index contributed by atoms with van der Waals surface area (Å²) in [4.78, 5) is 12.2. The standard InChI is InChI=1S/C19H26O6/c1-3-21-16-10-14-11-17(22-4-2)25-18(14)15(24-16)12-23-19(20)13-8-6-5-7-9-13/h5-9,14-18H,3-4,10-12H2,1-2H3/t14-,15-,16+,17?,18+/m1/s1. The van der Waals surface area contributed by atoms with Gasteiger partial charge in [0.05, 0.1) is 11.7 Å². The van der Waals surface area contributed by atoms with Crippen LogP contribution in [0.3, 0.4) is 0 Å². The molecular weight excluding hydrogens is 324 g/mol. The summed E-state index contributed by atoms with van der Waals surface area (Å²) in [5.41, 5.74) is 0.524. The summed E-state index contributed by atoms with van der Waals surface area (Å²) in [5.74, 6) is -0.0825. The highest BCUT2D eigenvalue weighted by Gasteiger charge is 2.47. The lowest BCUT2D eigenvalue weighted by Gasteiger charge is -2.37. The zero-order chi connectivity index (χ0) is 17.6. The Morgan fingerprint density at radius 2 is 1.68 bits per heavy atom. The summed E-state index contributed by atoms with van der Waals surface area (Å²) in [6.45, 7) is 5.21. The van der Waals surface area contributed by atoms with Crippen LogP contribution in [0.5, 0.6) is 0 Å². The van der Waals surface area contributed by atoms with E-state index < -0.39 is 0 Å². The van der Waals surface area contributed by atoms with E-state index in [1.807, 2.05) is 32.0 Å². The van der Waals surface area contributed by atoms with Crippen LogP contribution in [-0.4, -0.2) is 50.6 Å². The van der Waals surface area contributed by atoms with Crippen molar-refractivity contribution in [3.63, 3.8) is 0 Å². The van der Waals surface area contributed by atoms with Crippen LogP contribution in [0.15, 0.2) is 30.3 Å². The van der Waals surface area contributed by atoms with Crippen LogP contribution in [0.4, 0.5) is 0 Å². The van der Waals surface area contributed by atoms with E-state index in [1.165, 1.54) is 0 Å². The maximum atomic E-state index is 12.2. The highest BCUT2D eigenvalue weighted by Crippen LogP contribution is 2.38. The Morgan fingerprint density at radius 1 is 1.04 bits per heavy atom. The molecule has 1 unspecified atom stereocenters. The number of hydrogen-bond acceptors (Lipinski definition) is 6. The maximum Gasteiger partial charge on any atom is 0.338 e. The maximum absolute atomic E-state index is 12.2. The molecule has 0 bridgehead atoms. The van der Waals surface area contributed by atoms with Gasteiger partial charge in [0.15, 0.2) is 12.6 Å². The highest BCUT2D eigenvalue weighted by molar-refractivity contribution is 5.89. The van der Waals surface area contributed by atoms with Crippen LogP contribution in [0.1, 0.15) is 37.0 Å². The van der Waals surface area contributed by atoms with Gasteiger partial charge in [-0.05, 0) is 31.9 Å². The molecule has 0 spiro atoms. The van der Waals surface area contributed by atoms with E-state index in [0.29, 0.717) is 18.8 Å². The molecule has 1 aromatic carbocycles. The Balaban J connectivity index is 1.61. The van der Waals surface area contributed by atoms with E-state index in [4.69, 9.17) is 23.7 Å². The van der Waals surface area contributed by atoms with Gasteiger partial charge in [-0.3, -0.25) is 0 Å². The molecule has 138 valence electrons. The van der Waals surface area contributed by atoms with E-state index >= 15 is 0 Å². The van der Waals surface area contributed by atoms with Crippen molar-refractivity contribution >= 4 is 5.97 Å². The second-order valence-corrected chi connectivity index (χ2v) is 6.24. The van der Waals surface area contributed by atoms with Crippen LogP contribution >= 0.6 is 0 Å². The molecule has 6 nitrogen and oxygen atoms in total. The molecule has 0 radical (unpaired) electrons. The molecule has 2 heterocycles. The van der Waals surface area contributed by atoms with Gasteiger partial charge < -0.3 is 23.7 Å². The molecule has 2 saturated heterocycles. The molecule has 0 aliphatic carbocycles. The largest absolute Gasteiger partial charge is 0.459 e. The lowest BCUT2D eigenvalue weighted by molar-refractivity contribution is -0.250. The normalized spacial score (nSPS) is 31.5. The zero-order valence-corrected chi connectivity index (χ0v) is 14.8. The molecule has 0 N–H and O–H groups in total. The average molecular weight is 350 g/mol. The predicted molar refractivity (Wildman–Crippen MR) is 90.0 cm³/mol. The second kappa shape index (κ2) is 8.76. The smallest absolute Gasteiger partial charge is 0.338 e. The summed E-state index contributed by atoms with van der Waals surface area (Å²) in [6.07, 6.45) is 0.567. The van der Waals surface area contributed by atoms with Gasteiger partial charge in [0, 0.05) is 26.1 Å². The van der Waals surface area contributed by atoms with Gasteiger partial charge in [0.1, 0.15) is 12.7 Å². The van der Waals surface area contributed by atoms with Gasteiger partial charge in [-0.2, -0.15) is 0 Å². The van der Waals surface area contributed by atoms with Gasteiger partial charge in [-0.15, -0.1) is 0 Å². The average Bonchev–Trinajstić information content (AvgIpc) is 3.03. The van der Waals surface area contributed by atoms with Crippen molar-refractivity contribution in [2.75, 3.05) is 19.8 Å². The van der Waals surface area contributed by atoms with Gasteiger partial charge in [0.25, 0.3) is 0 Å². The number of rotatable bonds is 7. The van der Waals surface area contributed by atoms with Crippen LogP contribution < -0.4 is 0 Å².